The van der Waals surface area contributed by atoms with E-state index in [2.05, 4.69) is 20.6 Å². The molecule has 3 aliphatic heterocycles. The van der Waals surface area contributed by atoms with Crippen molar-refractivity contribution >= 4 is 24.0 Å². The molecule has 3 fully saturated rings. The van der Waals surface area contributed by atoms with E-state index in [0.717, 1.165) is 67.1 Å². The molecule has 0 bridgehead atoms. The van der Waals surface area contributed by atoms with Crippen molar-refractivity contribution in [2.45, 2.75) is 56.3 Å². The Labute approximate surface area is 199 Å². The Hall–Kier alpha value is -1.22. The highest BCUT2D eigenvalue weighted by Crippen LogP contribution is 2.40. The number of halogens is 2. The molecule has 4 heterocycles. The van der Waals surface area contributed by atoms with E-state index < -0.39 is 5.79 Å². The number of hydrogen-bond donors (Lipinski definition) is 0. The molecule has 0 unspecified atom stereocenters. The molecule has 0 N–H and O–H groups in total. The van der Waals surface area contributed by atoms with Gasteiger partial charge in [-0.1, -0.05) is 11.6 Å². The van der Waals surface area contributed by atoms with Crippen LogP contribution in [0.5, 0.6) is 0 Å². The number of ether oxygens (including phenoxy) is 3. The summed E-state index contributed by atoms with van der Waals surface area (Å²) < 4.78 is 20.0. The third kappa shape index (κ3) is 4.08. The summed E-state index contributed by atoms with van der Waals surface area (Å²) in [7, 11) is 0. The van der Waals surface area contributed by atoms with Crippen LogP contribution in [0.1, 0.15) is 48.8 Å². The fourth-order valence-electron chi connectivity index (χ4n) is 5.82. The Morgan fingerprint density at radius 1 is 0.938 bits per heavy atom. The molecule has 4 aliphatic rings. The molecule has 32 heavy (non-hydrogen) atoms. The van der Waals surface area contributed by atoms with Gasteiger partial charge in [0.1, 0.15) is 11.6 Å². The Kier molecular flexibility index (Phi) is 6.49. The lowest BCUT2D eigenvalue weighted by Crippen LogP contribution is -2.44. The van der Waals surface area contributed by atoms with E-state index in [4.69, 9.17) is 30.9 Å². The summed E-state index contributed by atoms with van der Waals surface area (Å²) >= 11 is 6.37. The molecule has 0 amide bonds. The molecule has 0 atom stereocenters. The number of nitrogens with zero attached hydrogens (tertiary/aromatic N) is 4. The highest BCUT2D eigenvalue weighted by atomic mass is 35.5. The van der Waals surface area contributed by atoms with Crippen LogP contribution in [0.3, 0.4) is 0 Å². The van der Waals surface area contributed by atoms with Crippen molar-refractivity contribution in [2.24, 2.45) is 0 Å². The fraction of sp³-hybridized carbons (Fsp3) is 0.652. The maximum Gasteiger partial charge on any atom is 0.179 e. The summed E-state index contributed by atoms with van der Waals surface area (Å²) in [6, 6.07) is 6.76. The lowest BCUT2D eigenvalue weighted by molar-refractivity contribution is -0.155. The van der Waals surface area contributed by atoms with Crippen LogP contribution in [0, 0.1) is 0 Å². The predicted molar refractivity (Wildman–Crippen MR) is 123 cm³/mol. The Bertz CT molecular complexity index is 949. The summed E-state index contributed by atoms with van der Waals surface area (Å²) in [5.74, 6) is 1.76. The summed E-state index contributed by atoms with van der Waals surface area (Å²) in [6.45, 7) is 5.08. The van der Waals surface area contributed by atoms with E-state index >= 15 is 0 Å². The molecule has 1 saturated carbocycles. The molecule has 9 heteroatoms. The topological polar surface area (TPSA) is 61.6 Å². The van der Waals surface area contributed by atoms with Gasteiger partial charge in [0.25, 0.3) is 0 Å². The number of morpholine rings is 1. The largest absolute Gasteiger partial charge is 0.379 e. The van der Waals surface area contributed by atoms with E-state index in [9.17, 15) is 0 Å². The smallest absolute Gasteiger partial charge is 0.179 e. The fourth-order valence-corrected chi connectivity index (χ4v) is 6.02. The zero-order chi connectivity index (χ0) is 20.8. The van der Waals surface area contributed by atoms with Crippen LogP contribution in [0.2, 0.25) is 5.02 Å². The average molecular weight is 481 g/mol. The minimum Gasteiger partial charge on any atom is -0.379 e. The van der Waals surface area contributed by atoms with E-state index in [0.29, 0.717) is 38.0 Å². The molecule has 7 nitrogen and oxygen atoms in total. The number of hydrogen-bond acceptors (Lipinski definition) is 6. The van der Waals surface area contributed by atoms with Crippen molar-refractivity contribution < 1.29 is 14.2 Å². The number of aromatic nitrogens is 3. The van der Waals surface area contributed by atoms with Gasteiger partial charge in [0.2, 0.25) is 0 Å². The summed E-state index contributed by atoms with van der Waals surface area (Å²) in [5, 5.41) is 10.1. The molecular weight excluding hydrogens is 451 g/mol. The third-order valence-corrected chi connectivity index (χ3v) is 7.60. The summed E-state index contributed by atoms with van der Waals surface area (Å²) in [5.41, 5.74) is 2.25. The van der Waals surface area contributed by atoms with Gasteiger partial charge in [-0.05, 0) is 49.4 Å². The van der Waals surface area contributed by atoms with Gasteiger partial charge in [0.05, 0.1) is 38.5 Å². The van der Waals surface area contributed by atoms with Crippen molar-refractivity contribution in [1.82, 2.24) is 19.7 Å². The maximum atomic E-state index is 6.37. The molecule has 174 valence electrons. The SMILES string of the molecule is Cl.Clc1ccc2c(c1)CC1(Cc3nnc(C4CCC(N5CCOCC5)CC4)n3-2)OCCO1. The second kappa shape index (κ2) is 9.20. The molecule has 1 aromatic carbocycles. The van der Waals surface area contributed by atoms with Gasteiger partial charge in [0, 0.05) is 36.5 Å². The molecule has 1 aromatic heterocycles. The minimum absolute atomic E-state index is 0. The first kappa shape index (κ1) is 22.6. The van der Waals surface area contributed by atoms with Gasteiger partial charge in [-0.25, -0.2) is 0 Å². The Morgan fingerprint density at radius 2 is 1.69 bits per heavy atom. The van der Waals surface area contributed by atoms with Crippen LogP contribution in [0.25, 0.3) is 5.69 Å². The molecule has 1 spiro atoms. The number of benzene rings is 1. The first-order chi connectivity index (χ1) is 15.2. The van der Waals surface area contributed by atoms with Crippen molar-refractivity contribution in [3.05, 3.63) is 40.4 Å². The summed E-state index contributed by atoms with van der Waals surface area (Å²) in [4.78, 5) is 2.61. The highest BCUT2D eigenvalue weighted by Gasteiger charge is 2.43. The van der Waals surface area contributed by atoms with Crippen LogP contribution >= 0.6 is 24.0 Å². The first-order valence-electron chi connectivity index (χ1n) is 11.5. The second-order valence-electron chi connectivity index (χ2n) is 9.20. The predicted octanol–water partition coefficient (Wildman–Crippen LogP) is 3.54. The van der Waals surface area contributed by atoms with Crippen molar-refractivity contribution in [3.8, 4) is 5.69 Å². The zero-order valence-electron chi connectivity index (χ0n) is 18.2. The molecule has 6 rings (SSSR count). The molecule has 2 aromatic rings. The van der Waals surface area contributed by atoms with Gasteiger partial charge in [-0.15, -0.1) is 22.6 Å². The summed E-state index contributed by atoms with van der Waals surface area (Å²) in [6.07, 6.45) is 5.97. The van der Waals surface area contributed by atoms with Crippen LogP contribution in [0.15, 0.2) is 18.2 Å². The maximum absolute atomic E-state index is 6.37. The normalized spacial score (nSPS) is 27.4. The van der Waals surface area contributed by atoms with Gasteiger partial charge in [-0.3, -0.25) is 9.47 Å². The van der Waals surface area contributed by atoms with Crippen molar-refractivity contribution in [2.75, 3.05) is 39.5 Å². The van der Waals surface area contributed by atoms with Gasteiger partial charge < -0.3 is 14.2 Å². The van der Waals surface area contributed by atoms with Crippen molar-refractivity contribution in [1.29, 1.82) is 0 Å². The molecule has 1 aliphatic carbocycles. The van der Waals surface area contributed by atoms with E-state index in [1.165, 1.54) is 12.8 Å². The highest BCUT2D eigenvalue weighted by molar-refractivity contribution is 6.30. The number of fused-ring (bicyclic) bond motifs is 3. The van der Waals surface area contributed by atoms with Gasteiger partial charge >= 0.3 is 0 Å². The van der Waals surface area contributed by atoms with Crippen LogP contribution in [-0.4, -0.2) is 71.0 Å². The quantitative estimate of drug-likeness (QED) is 0.654. The lowest BCUT2D eigenvalue weighted by atomic mass is 9.84. The van der Waals surface area contributed by atoms with E-state index in [1.807, 2.05) is 12.1 Å². The van der Waals surface area contributed by atoms with Crippen molar-refractivity contribution in [3.63, 3.8) is 0 Å². The van der Waals surface area contributed by atoms with Gasteiger partial charge in [-0.2, -0.15) is 0 Å². The van der Waals surface area contributed by atoms with Crippen LogP contribution in [0.4, 0.5) is 0 Å². The zero-order valence-corrected chi connectivity index (χ0v) is 19.7. The second-order valence-corrected chi connectivity index (χ2v) is 9.63. The number of rotatable bonds is 2. The Balaban J connectivity index is 0.00000216. The Morgan fingerprint density at radius 3 is 2.44 bits per heavy atom. The molecule has 2 saturated heterocycles. The molecule has 0 radical (unpaired) electrons. The minimum atomic E-state index is -0.661. The van der Waals surface area contributed by atoms with E-state index in [1.54, 1.807) is 0 Å². The van der Waals surface area contributed by atoms with Crippen LogP contribution in [-0.2, 0) is 27.1 Å². The third-order valence-electron chi connectivity index (χ3n) is 7.36. The lowest BCUT2D eigenvalue weighted by Gasteiger charge is -2.38. The van der Waals surface area contributed by atoms with Crippen LogP contribution < -0.4 is 0 Å². The monoisotopic (exact) mass is 480 g/mol. The van der Waals surface area contributed by atoms with E-state index in [-0.39, 0.29) is 12.4 Å². The standard InChI is InChI=1S/C23H29ClN4O3.ClH/c24-18-3-6-20-17(13-18)14-23(30-11-12-31-23)15-21-25-26-22(28(20)21)16-1-4-19(5-2-16)27-7-9-29-10-8-27;/h3,6,13,16,19H,1-2,4-5,7-12,14-15H2;1H. The first-order valence-corrected chi connectivity index (χ1v) is 11.9. The molecular formula is C23H30Cl2N4O3. The van der Waals surface area contributed by atoms with Gasteiger partial charge in [0.15, 0.2) is 5.79 Å². The average Bonchev–Trinajstić information content (AvgIpc) is 3.39.